The minimum atomic E-state index is -0.691. The van der Waals surface area contributed by atoms with E-state index < -0.39 is 12.0 Å². The van der Waals surface area contributed by atoms with Crippen LogP contribution in [0.5, 0.6) is 5.88 Å². The zero-order valence-corrected chi connectivity index (χ0v) is 18.0. The summed E-state index contributed by atoms with van der Waals surface area (Å²) < 4.78 is 12.0. The molecule has 1 aromatic carbocycles. The number of hydrogen-bond donors (Lipinski definition) is 1. The second kappa shape index (κ2) is 9.61. The van der Waals surface area contributed by atoms with Crippen molar-refractivity contribution in [1.82, 2.24) is 25.0 Å². The van der Waals surface area contributed by atoms with E-state index in [2.05, 4.69) is 15.4 Å². The van der Waals surface area contributed by atoms with Gasteiger partial charge in [-0.05, 0) is 19.1 Å². The molecule has 9 nitrogen and oxygen atoms in total. The molecule has 32 heavy (non-hydrogen) atoms. The fraction of sp³-hybridized carbons (Fsp3) is 0.304. The highest BCUT2D eigenvalue weighted by molar-refractivity contribution is 5.96. The lowest BCUT2D eigenvalue weighted by atomic mass is 10.1. The summed E-state index contributed by atoms with van der Waals surface area (Å²) in [5, 5.41) is 7.75. The largest absolute Gasteiger partial charge is 0.481 e. The number of piperazine rings is 1. The third-order valence-electron chi connectivity index (χ3n) is 5.24. The van der Waals surface area contributed by atoms with Gasteiger partial charge in [0.15, 0.2) is 5.69 Å². The third kappa shape index (κ3) is 4.33. The van der Waals surface area contributed by atoms with Crippen molar-refractivity contribution in [2.24, 2.45) is 0 Å². The highest BCUT2D eigenvalue weighted by atomic mass is 16.5. The number of esters is 1. The molecule has 1 aliphatic heterocycles. The molecule has 9 heteroatoms. The van der Waals surface area contributed by atoms with Crippen molar-refractivity contribution in [3.63, 3.8) is 0 Å². The Balaban J connectivity index is 1.73. The molecule has 1 unspecified atom stereocenters. The van der Waals surface area contributed by atoms with E-state index in [1.165, 1.54) is 4.90 Å². The van der Waals surface area contributed by atoms with Crippen LogP contribution in [0.25, 0.3) is 16.9 Å². The Labute approximate surface area is 186 Å². The molecule has 2 aromatic heterocycles. The van der Waals surface area contributed by atoms with Crippen molar-refractivity contribution in [3.8, 4) is 22.8 Å². The minimum Gasteiger partial charge on any atom is -0.481 e. The fourth-order valence-electron chi connectivity index (χ4n) is 3.66. The third-order valence-corrected chi connectivity index (χ3v) is 5.24. The van der Waals surface area contributed by atoms with Gasteiger partial charge in [0.25, 0.3) is 5.91 Å². The van der Waals surface area contributed by atoms with E-state index in [-0.39, 0.29) is 18.2 Å². The van der Waals surface area contributed by atoms with E-state index in [4.69, 9.17) is 9.47 Å². The number of hydrogen-bond acceptors (Lipinski definition) is 7. The molecule has 3 heterocycles. The second-order valence-electron chi connectivity index (χ2n) is 7.22. The smallest absolute Gasteiger partial charge is 0.330 e. The molecule has 0 aliphatic carbocycles. The second-order valence-corrected chi connectivity index (χ2v) is 7.22. The highest BCUT2D eigenvalue weighted by Crippen LogP contribution is 2.25. The van der Waals surface area contributed by atoms with Crippen LogP contribution in [0.15, 0.2) is 54.7 Å². The first-order chi connectivity index (χ1) is 15.6. The van der Waals surface area contributed by atoms with Gasteiger partial charge in [-0.15, -0.1) is 0 Å². The van der Waals surface area contributed by atoms with E-state index in [0.29, 0.717) is 31.2 Å². The molecular weight excluding hydrogens is 410 g/mol. The summed E-state index contributed by atoms with van der Waals surface area (Å²) >= 11 is 0. The maximum absolute atomic E-state index is 13.4. The fourth-order valence-corrected chi connectivity index (χ4v) is 3.66. The molecule has 0 spiro atoms. The lowest BCUT2D eigenvalue weighted by Crippen LogP contribution is -2.57. The number of nitrogens with zero attached hydrogens (tertiary/aromatic N) is 4. The van der Waals surface area contributed by atoms with Crippen molar-refractivity contribution >= 4 is 11.9 Å². The van der Waals surface area contributed by atoms with Crippen LogP contribution in [0.1, 0.15) is 17.4 Å². The van der Waals surface area contributed by atoms with Crippen molar-refractivity contribution in [3.05, 3.63) is 60.4 Å². The lowest BCUT2D eigenvalue weighted by molar-refractivity contribution is -0.149. The number of rotatable bonds is 6. The maximum atomic E-state index is 13.4. The zero-order chi connectivity index (χ0) is 22.5. The highest BCUT2D eigenvalue weighted by Gasteiger charge is 2.35. The van der Waals surface area contributed by atoms with E-state index in [0.717, 1.165) is 11.3 Å². The zero-order valence-electron chi connectivity index (χ0n) is 18.0. The number of ether oxygens (including phenoxy) is 2. The van der Waals surface area contributed by atoms with Crippen molar-refractivity contribution in [1.29, 1.82) is 0 Å². The molecule has 0 bridgehead atoms. The average molecular weight is 435 g/mol. The summed E-state index contributed by atoms with van der Waals surface area (Å²) in [5.74, 6) is -0.256. The lowest BCUT2D eigenvalue weighted by Gasteiger charge is -2.33. The van der Waals surface area contributed by atoms with Crippen LogP contribution < -0.4 is 10.1 Å². The average Bonchev–Trinajstić information content (AvgIpc) is 3.30. The Kier molecular flexibility index (Phi) is 6.46. The van der Waals surface area contributed by atoms with Gasteiger partial charge in [0.2, 0.25) is 5.88 Å². The van der Waals surface area contributed by atoms with Gasteiger partial charge in [0.1, 0.15) is 6.04 Å². The summed E-state index contributed by atoms with van der Waals surface area (Å²) in [6, 6.07) is 14.3. The number of carbonyl (C=O) groups excluding carboxylic acids is 2. The van der Waals surface area contributed by atoms with Gasteiger partial charge < -0.3 is 19.7 Å². The first-order valence-electron chi connectivity index (χ1n) is 10.5. The van der Waals surface area contributed by atoms with E-state index in [9.17, 15) is 9.59 Å². The van der Waals surface area contributed by atoms with Gasteiger partial charge in [-0.25, -0.2) is 14.5 Å². The number of carbonyl (C=O) groups is 2. The molecule has 1 atom stereocenters. The number of pyridine rings is 1. The van der Waals surface area contributed by atoms with Crippen LogP contribution in [0, 0.1) is 0 Å². The summed E-state index contributed by atoms with van der Waals surface area (Å²) in [6.45, 7) is 3.33. The molecule has 4 rings (SSSR count). The number of methoxy groups -OCH3 is 1. The normalized spacial score (nSPS) is 15.9. The standard InChI is InChI=1S/C23H25N5O4/c1-3-32-23(30)20-15-24-11-12-27(20)22(29)18-13-19(16-7-5-4-6-8-16)28(26-18)17-9-10-21(31-2)25-14-17/h4-10,13-14,20,24H,3,11-12,15H2,1-2H3. The molecule has 1 amide bonds. The quantitative estimate of drug-likeness (QED) is 0.591. The number of nitrogens with one attached hydrogen (secondary N) is 1. The molecular formula is C23H25N5O4. The molecule has 1 N–H and O–H groups in total. The number of aromatic nitrogens is 3. The monoisotopic (exact) mass is 435 g/mol. The molecule has 1 saturated heterocycles. The first-order valence-corrected chi connectivity index (χ1v) is 10.5. The van der Waals surface area contributed by atoms with E-state index in [1.807, 2.05) is 36.4 Å². The topological polar surface area (TPSA) is 98.6 Å². The van der Waals surface area contributed by atoms with Gasteiger partial charge >= 0.3 is 5.97 Å². The summed E-state index contributed by atoms with van der Waals surface area (Å²) in [5.41, 5.74) is 2.57. The van der Waals surface area contributed by atoms with Crippen LogP contribution >= 0.6 is 0 Å². The Morgan fingerprint density at radius 1 is 1.19 bits per heavy atom. The summed E-state index contributed by atoms with van der Waals surface area (Å²) in [6.07, 6.45) is 1.64. The van der Waals surface area contributed by atoms with Gasteiger partial charge in [-0.2, -0.15) is 5.10 Å². The van der Waals surface area contributed by atoms with Crippen molar-refractivity contribution in [2.75, 3.05) is 33.4 Å². The molecule has 0 saturated carbocycles. The Bertz CT molecular complexity index is 1080. The van der Waals surface area contributed by atoms with Gasteiger partial charge in [-0.3, -0.25) is 4.79 Å². The van der Waals surface area contributed by atoms with Crippen LogP contribution in [0.4, 0.5) is 0 Å². The predicted molar refractivity (Wildman–Crippen MR) is 118 cm³/mol. The predicted octanol–water partition coefficient (Wildman–Crippen LogP) is 1.92. The Morgan fingerprint density at radius 2 is 2.00 bits per heavy atom. The SMILES string of the molecule is CCOC(=O)C1CNCCN1C(=O)c1cc(-c2ccccc2)n(-c2ccc(OC)nc2)n1. The molecule has 1 aliphatic rings. The van der Waals surface area contributed by atoms with Crippen LogP contribution in [-0.2, 0) is 9.53 Å². The van der Waals surface area contributed by atoms with Crippen molar-refractivity contribution < 1.29 is 19.1 Å². The Hall–Kier alpha value is -3.72. The molecule has 3 aromatic rings. The number of benzene rings is 1. The molecule has 1 fully saturated rings. The van der Waals surface area contributed by atoms with Crippen molar-refractivity contribution in [2.45, 2.75) is 13.0 Å². The van der Waals surface area contributed by atoms with E-state index in [1.54, 1.807) is 37.0 Å². The van der Waals surface area contributed by atoms with Crippen LogP contribution in [-0.4, -0.2) is 70.9 Å². The van der Waals surface area contributed by atoms with Gasteiger partial charge in [0, 0.05) is 31.3 Å². The Morgan fingerprint density at radius 3 is 2.69 bits per heavy atom. The summed E-state index contributed by atoms with van der Waals surface area (Å²) in [7, 11) is 1.55. The number of amides is 1. The molecule has 0 radical (unpaired) electrons. The van der Waals surface area contributed by atoms with E-state index >= 15 is 0 Å². The maximum Gasteiger partial charge on any atom is 0.330 e. The first kappa shape index (κ1) is 21.5. The van der Waals surface area contributed by atoms with Gasteiger partial charge in [0.05, 0.1) is 31.3 Å². The van der Waals surface area contributed by atoms with Crippen LogP contribution in [0.2, 0.25) is 0 Å². The minimum absolute atomic E-state index is 0.246. The summed E-state index contributed by atoms with van der Waals surface area (Å²) in [4.78, 5) is 31.6. The van der Waals surface area contributed by atoms with Crippen LogP contribution in [0.3, 0.4) is 0 Å². The molecule has 166 valence electrons. The van der Waals surface area contributed by atoms with Gasteiger partial charge in [-0.1, -0.05) is 30.3 Å².